The lowest BCUT2D eigenvalue weighted by Crippen LogP contribution is -2.30. The van der Waals surface area contributed by atoms with E-state index in [-0.39, 0.29) is 5.76 Å². The fourth-order valence-electron chi connectivity index (χ4n) is 1.81. The van der Waals surface area contributed by atoms with Crippen molar-refractivity contribution in [3.05, 3.63) is 35.6 Å². The van der Waals surface area contributed by atoms with E-state index in [0.717, 1.165) is 16.7 Å². The molecule has 2 aromatic rings. The monoisotopic (exact) mass is 280 g/mol. The lowest BCUT2D eigenvalue weighted by Gasteiger charge is -2.02. The number of hydrogen-bond donors (Lipinski definition) is 2. The Morgan fingerprint density at radius 1 is 1.47 bits per heavy atom. The predicted molar refractivity (Wildman–Crippen MR) is 75.9 cm³/mol. The number of furan rings is 1. The van der Waals surface area contributed by atoms with Gasteiger partial charge in [-0.25, -0.2) is 5.84 Å². The fourth-order valence-corrected chi connectivity index (χ4v) is 2.73. The van der Waals surface area contributed by atoms with E-state index in [0.29, 0.717) is 17.9 Å². The number of hydrazine groups is 1. The van der Waals surface area contributed by atoms with Crippen molar-refractivity contribution in [3.63, 3.8) is 0 Å². The highest BCUT2D eigenvalue weighted by atomic mass is 32.2. The third kappa shape index (κ3) is 3.09. The molecule has 0 saturated heterocycles. The summed E-state index contributed by atoms with van der Waals surface area (Å²) in [7, 11) is 1.67. The maximum Gasteiger partial charge on any atom is 0.301 e. The Morgan fingerprint density at radius 2 is 2.26 bits per heavy atom. The first-order valence-electron chi connectivity index (χ1n) is 5.86. The van der Waals surface area contributed by atoms with Crippen molar-refractivity contribution in [1.29, 1.82) is 0 Å². The zero-order valence-corrected chi connectivity index (χ0v) is 11.5. The molecule has 0 spiro atoms. The van der Waals surface area contributed by atoms with Crippen LogP contribution < -0.4 is 11.3 Å². The summed E-state index contributed by atoms with van der Waals surface area (Å²) in [5.74, 6) is 6.61. The molecule has 0 aliphatic carbocycles. The quantitative estimate of drug-likeness (QED) is 0.366. The van der Waals surface area contributed by atoms with Crippen molar-refractivity contribution in [1.82, 2.24) is 5.43 Å². The Kier molecular flexibility index (Phi) is 4.84. The second kappa shape index (κ2) is 6.60. The van der Waals surface area contributed by atoms with Gasteiger partial charge in [-0.3, -0.25) is 10.2 Å². The number of hydrogen-bond acceptors (Lipinski definition) is 5. The Morgan fingerprint density at radius 3 is 3.00 bits per heavy atom. The highest BCUT2D eigenvalue weighted by molar-refractivity contribution is 7.98. The standard InChI is InChI=1S/C13H16N2O3S/c1-17-6-7-19-8-10-9-4-2-3-5-11(9)18-12(10)13(16)15-14/h2-5H,6-8,14H2,1H3,(H,15,16). The number of thioether (sulfide) groups is 1. The van der Waals surface area contributed by atoms with E-state index in [2.05, 4.69) is 5.43 Å². The smallest absolute Gasteiger partial charge is 0.301 e. The summed E-state index contributed by atoms with van der Waals surface area (Å²) in [4.78, 5) is 11.7. The van der Waals surface area contributed by atoms with Gasteiger partial charge in [0.1, 0.15) is 5.58 Å². The summed E-state index contributed by atoms with van der Waals surface area (Å²) >= 11 is 1.69. The Bertz CT molecular complexity index is 568. The molecule has 3 N–H and O–H groups in total. The number of nitrogen functional groups attached to an aromatic ring is 1. The molecule has 0 aliphatic rings. The number of rotatable bonds is 6. The molecule has 1 heterocycles. The number of carbonyl (C=O) groups excluding carboxylic acids is 1. The number of para-hydroxylation sites is 1. The number of carbonyl (C=O) groups is 1. The van der Waals surface area contributed by atoms with Crippen LogP contribution in [0.1, 0.15) is 16.1 Å². The van der Waals surface area contributed by atoms with Crippen LogP contribution in [0.4, 0.5) is 0 Å². The first kappa shape index (κ1) is 13.9. The van der Waals surface area contributed by atoms with Crippen LogP contribution in [0.15, 0.2) is 28.7 Å². The molecule has 0 atom stereocenters. The van der Waals surface area contributed by atoms with Gasteiger partial charge >= 0.3 is 5.91 Å². The van der Waals surface area contributed by atoms with E-state index < -0.39 is 5.91 Å². The Balaban J connectivity index is 2.29. The van der Waals surface area contributed by atoms with Gasteiger partial charge in [-0.2, -0.15) is 11.8 Å². The molecular formula is C13H16N2O3S. The summed E-state index contributed by atoms with van der Waals surface area (Å²) < 4.78 is 10.6. The van der Waals surface area contributed by atoms with Gasteiger partial charge in [0.15, 0.2) is 5.76 Å². The molecule has 6 heteroatoms. The van der Waals surface area contributed by atoms with Gasteiger partial charge in [-0.1, -0.05) is 18.2 Å². The zero-order valence-electron chi connectivity index (χ0n) is 10.6. The normalized spacial score (nSPS) is 10.8. The fraction of sp³-hybridized carbons (Fsp3) is 0.308. The SMILES string of the molecule is COCCSCc1c(C(=O)NN)oc2ccccc12. The van der Waals surface area contributed by atoms with Crippen molar-refractivity contribution >= 4 is 28.6 Å². The molecular weight excluding hydrogens is 264 g/mol. The number of amides is 1. The third-order valence-corrected chi connectivity index (χ3v) is 3.66. The molecule has 0 radical (unpaired) electrons. The molecule has 1 amide bonds. The molecule has 1 aromatic carbocycles. The van der Waals surface area contributed by atoms with Crippen molar-refractivity contribution in [2.75, 3.05) is 19.5 Å². The second-order valence-electron chi connectivity index (χ2n) is 3.92. The van der Waals surface area contributed by atoms with Crippen LogP contribution in [0.2, 0.25) is 0 Å². The van der Waals surface area contributed by atoms with Crippen molar-refractivity contribution in [2.24, 2.45) is 5.84 Å². The lowest BCUT2D eigenvalue weighted by molar-refractivity contribution is 0.0927. The van der Waals surface area contributed by atoms with Gasteiger partial charge < -0.3 is 9.15 Å². The van der Waals surface area contributed by atoms with E-state index in [1.807, 2.05) is 24.3 Å². The highest BCUT2D eigenvalue weighted by Crippen LogP contribution is 2.29. The summed E-state index contributed by atoms with van der Waals surface area (Å²) in [6, 6.07) is 7.58. The van der Waals surface area contributed by atoms with Crippen LogP contribution in [0.25, 0.3) is 11.0 Å². The first-order valence-corrected chi connectivity index (χ1v) is 7.01. The Hall–Kier alpha value is -1.50. The van der Waals surface area contributed by atoms with Gasteiger partial charge in [-0.05, 0) is 6.07 Å². The molecule has 0 saturated carbocycles. The van der Waals surface area contributed by atoms with Crippen molar-refractivity contribution < 1.29 is 13.9 Å². The first-order chi connectivity index (χ1) is 9.27. The molecule has 0 aliphatic heterocycles. The number of nitrogens with two attached hydrogens (primary N) is 1. The molecule has 5 nitrogen and oxygen atoms in total. The van der Waals surface area contributed by atoms with E-state index in [4.69, 9.17) is 15.0 Å². The van der Waals surface area contributed by atoms with Crippen LogP contribution in [-0.4, -0.2) is 25.4 Å². The number of ether oxygens (including phenoxy) is 1. The molecule has 19 heavy (non-hydrogen) atoms. The number of fused-ring (bicyclic) bond motifs is 1. The largest absolute Gasteiger partial charge is 0.451 e. The Labute approximate surface area is 115 Å². The predicted octanol–water partition coefficient (Wildman–Crippen LogP) is 1.92. The maximum absolute atomic E-state index is 11.7. The third-order valence-electron chi connectivity index (χ3n) is 2.71. The van der Waals surface area contributed by atoms with E-state index in [1.54, 1.807) is 18.9 Å². The average molecular weight is 280 g/mol. The molecule has 1 aromatic heterocycles. The molecule has 2 rings (SSSR count). The minimum Gasteiger partial charge on any atom is -0.451 e. The minimum absolute atomic E-state index is 0.286. The molecule has 102 valence electrons. The summed E-state index contributed by atoms with van der Waals surface area (Å²) in [6.45, 7) is 0.679. The van der Waals surface area contributed by atoms with Gasteiger partial charge in [0.2, 0.25) is 0 Å². The lowest BCUT2D eigenvalue weighted by atomic mass is 10.1. The molecule has 0 unspecified atom stereocenters. The van der Waals surface area contributed by atoms with Gasteiger partial charge in [0.05, 0.1) is 6.61 Å². The van der Waals surface area contributed by atoms with Crippen LogP contribution >= 0.6 is 11.8 Å². The summed E-state index contributed by atoms with van der Waals surface area (Å²) in [6.07, 6.45) is 0. The van der Waals surface area contributed by atoms with E-state index >= 15 is 0 Å². The van der Waals surface area contributed by atoms with Crippen LogP contribution in [0.5, 0.6) is 0 Å². The van der Waals surface area contributed by atoms with E-state index in [9.17, 15) is 4.79 Å². The zero-order chi connectivity index (χ0) is 13.7. The topological polar surface area (TPSA) is 77.5 Å². The second-order valence-corrected chi connectivity index (χ2v) is 5.03. The molecule has 0 fully saturated rings. The maximum atomic E-state index is 11.7. The van der Waals surface area contributed by atoms with Gasteiger partial charge in [0, 0.05) is 29.6 Å². The van der Waals surface area contributed by atoms with Gasteiger partial charge in [0.25, 0.3) is 0 Å². The summed E-state index contributed by atoms with van der Waals surface area (Å²) in [5, 5.41) is 0.950. The van der Waals surface area contributed by atoms with Gasteiger partial charge in [-0.15, -0.1) is 0 Å². The van der Waals surface area contributed by atoms with E-state index in [1.165, 1.54) is 0 Å². The van der Waals surface area contributed by atoms with Crippen LogP contribution in [-0.2, 0) is 10.5 Å². The highest BCUT2D eigenvalue weighted by Gasteiger charge is 2.19. The van der Waals surface area contributed by atoms with Crippen LogP contribution in [0, 0.1) is 0 Å². The minimum atomic E-state index is -0.404. The average Bonchev–Trinajstić information content (AvgIpc) is 2.81. The van der Waals surface area contributed by atoms with Crippen molar-refractivity contribution in [3.8, 4) is 0 Å². The van der Waals surface area contributed by atoms with Crippen LogP contribution in [0.3, 0.4) is 0 Å². The number of methoxy groups -OCH3 is 1. The molecule has 0 bridgehead atoms. The number of benzene rings is 1. The number of nitrogens with one attached hydrogen (secondary N) is 1. The summed E-state index contributed by atoms with van der Waals surface area (Å²) in [5.41, 5.74) is 3.69. The van der Waals surface area contributed by atoms with Crippen molar-refractivity contribution in [2.45, 2.75) is 5.75 Å².